The number of aromatic nitrogens is 2. The number of allylic oxidation sites excluding steroid dienone is 1. The minimum atomic E-state index is 0.158. The number of carbonyl (C=O) groups excluding carboxylic acids is 1. The quantitative estimate of drug-likeness (QED) is 0.554. The van der Waals surface area contributed by atoms with E-state index >= 15 is 0 Å². The van der Waals surface area contributed by atoms with Crippen LogP contribution in [0.15, 0.2) is 42.7 Å². The highest BCUT2D eigenvalue weighted by Crippen LogP contribution is 2.38. The molecule has 3 aliphatic rings. The van der Waals surface area contributed by atoms with Crippen molar-refractivity contribution in [3.63, 3.8) is 0 Å². The van der Waals surface area contributed by atoms with E-state index in [1.54, 1.807) is 6.20 Å². The highest BCUT2D eigenvalue weighted by Gasteiger charge is 2.33. The lowest BCUT2D eigenvalue weighted by Crippen LogP contribution is -2.33. The van der Waals surface area contributed by atoms with Crippen molar-refractivity contribution in [1.29, 1.82) is 0 Å². The lowest BCUT2D eigenvalue weighted by atomic mass is 9.91. The molecule has 2 heterocycles. The van der Waals surface area contributed by atoms with E-state index in [2.05, 4.69) is 51.7 Å². The number of hydrogen-bond acceptors (Lipinski definition) is 5. The second kappa shape index (κ2) is 7.82. The van der Waals surface area contributed by atoms with Gasteiger partial charge in [-0.15, -0.1) is 0 Å². The third-order valence-corrected chi connectivity index (χ3v) is 7.15. The molecule has 2 fully saturated rings. The number of carbonyl (C=O) groups is 1. The summed E-state index contributed by atoms with van der Waals surface area (Å²) in [6.45, 7) is 0. The van der Waals surface area contributed by atoms with Gasteiger partial charge in [-0.05, 0) is 67.9 Å². The van der Waals surface area contributed by atoms with E-state index in [0.29, 0.717) is 12.1 Å². The van der Waals surface area contributed by atoms with Crippen molar-refractivity contribution >= 4 is 28.4 Å². The number of anilines is 1. The molecule has 2 saturated carbocycles. The van der Waals surface area contributed by atoms with E-state index in [9.17, 15) is 4.79 Å². The monoisotopic (exact) mass is 424 g/mol. The molecule has 0 unspecified atom stereocenters. The summed E-state index contributed by atoms with van der Waals surface area (Å²) in [6, 6.07) is 9.16. The van der Waals surface area contributed by atoms with Gasteiger partial charge < -0.3 is 11.1 Å². The Hall–Kier alpha value is -3.05. The van der Waals surface area contributed by atoms with Crippen LogP contribution in [0.1, 0.15) is 60.1 Å². The third-order valence-electron chi connectivity index (χ3n) is 7.15. The van der Waals surface area contributed by atoms with Crippen LogP contribution in [0.3, 0.4) is 0 Å². The van der Waals surface area contributed by atoms with Crippen molar-refractivity contribution < 1.29 is 4.79 Å². The van der Waals surface area contributed by atoms with Gasteiger partial charge in [-0.1, -0.05) is 18.2 Å². The van der Waals surface area contributed by atoms with Gasteiger partial charge in [0.1, 0.15) is 0 Å². The molecule has 3 aromatic rings. The number of Topliss-reactive ketones (excluding diaryl/α,β-unsaturated/α-hetero) is 1. The number of ketones is 1. The zero-order valence-corrected chi connectivity index (χ0v) is 18.2. The minimum absolute atomic E-state index is 0.158. The van der Waals surface area contributed by atoms with Gasteiger partial charge in [0.2, 0.25) is 0 Å². The van der Waals surface area contributed by atoms with Crippen LogP contribution in [-0.4, -0.2) is 27.8 Å². The predicted molar refractivity (Wildman–Crippen MR) is 129 cm³/mol. The highest BCUT2D eigenvalue weighted by molar-refractivity contribution is 6.10. The topological polar surface area (TPSA) is 80.9 Å². The van der Waals surface area contributed by atoms with Gasteiger partial charge >= 0.3 is 0 Å². The van der Waals surface area contributed by atoms with Crippen LogP contribution in [0, 0.1) is 5.92 Å². The molecule has 0 saturated heterocycles. The Bertz CT molecular complexity index is 1240. The number of fused-ring (bicyclic) bond motifs is 2. The van der Waals surface area contributed by atoms with Gasteiger partial charge in [0.05, 0.1) is 22.5 Å². The normalized spacial score (nSPS) is 22.2. The molecule has 3 N–H and O–H groups in total. The number of nitrogens with zero attached hydrogens (tertiary/aromatic N) is 2. The summed E-state index contributed by atoms with van der Waals surface area (Å²) in [6.07, 6.45) is 15.0. The molecule has 162 valence electrons. The maximum absolute atomic E-state index is 13.1. The SMILES string of the molecule is NC1CCC(Nc2c(C(=O)C3CC3)cnc3ccc(-c4cnc5c(c4)C=CC5)cc23)CC1. The maximum atomic E-state index is 13.1. The molecule has 0 bridgehead atoms. The fraction of sp³-hybridized carbons (Fsp3) is 0.370. The molecule has 0 spiro atoms. The fourth-order valence-electron chi connectivity index (χ4n) is 5.03. The molecule has 0 atom stereocenters. The second-order valence-corrected chi connectivity index (χ2v) is 9.54. The third kappa shape index (κ3) is 3.61. The summed E-state index contributed by atoms with van der Waals surface area (Å²) >= 11 is 0. The summed E-state index contributed by atoms with van der Waals surface area (Å²) in [4.78, 5) is 22.4. The molecule has 32 heavy (non-hydrogen) atoms. The summed E-state index contributed by atoms with van der Waals surface area (Å²) in [5.41, 5.74) is 13.2. The summed E-state index contributed by atoms with van der Waals surface area (Å²) in [5, 5.41) is 4.77. The zero-order valence-electron chi connectivity index (χ0n) is 18.2. The molecule has 6 rings (SSSR count). The number of nitrogens with two attached hydrogens (primary N) is 1. The van der Waals surface area contributed by atoms with Crippen molar-refractivity contribution in [3.8, 4) is 11.1 Å². The molecule has 0 amide bonds. The highest BCUT2D eigenvalue weighted by atomic mass is 16.1. The van der Waals surface area contributed by atoms with Crippen LogP contribution in [0.2, 0.25) is 0 Å². The van der Waals surface area contributed by atoms with Gasteiger partial charge in [-0.25, -0.2) is 0 Å². The number of benzene rings is 1. The lowest BCUT2D eigenvalue weighted by Gasteiger charge is -2.29. The Kier molecular flexibility index (Phi) is 4.80. The van der Waals surface area contributed by atoms with E-state index in [0.717, 1.165) is 83.9 Å². The first-order valence-corrected chi connectivity index (χ1v) is 11.8. The fourth-order valence-corrected chi connectivity index (χ4v) is 5.03. The largest absolute Gasteiger partial charge is 0.381 e. The first-order valence-electron chi connectivity index (χ1n) is 11.8. The molecular formula is C27H28N4O. The molecule has 0 radical (unpaired) electrons. The minimum Gasteiger partial charge on any atom is -0.381 e. The first-order chi connectivity index (χ1) is 15.7. The van der Waals surface area contributed by atoms with Gasteiger partial charge in [-0.2, -0.15) is 0 Å². The van der Waals surface area contributed by atoms with Crippen molar-refractivity contribution in [2.45, 2.75) is 57.0 Å². The van der Waals surface area contributed by atoms with E-state index < -0.39 is 0 Å². The number of hydrogen-bond donors (Lipinski definition) is 2. The van der Waals surface area contributed by atoms with E-state index in [4.69, 9.17) is 5.73 Å². The molecule has 3 aliphatic carbocycles. The Morgan fingerprint density at radius 2 is 1.81 bits per heavy atom. The Balaban J connectivity index is 1.44. The van der Waals surface area contributed by atoms with E-state index in [1.165, 1.54) is 5.56 Å². The average Bonchev–Trinajstić information content (AvgIpc) is 3.57. The first kappa shape index (κ1) is 19.6. The smallest absolute Gasteiger partial charge is 0.169 e. The van der Waals surface area contributed by atoms with Gasteiger partial charge in [-0.3, -0.25) is 14.8 Å². The van der Waals surface area contributed by atoms with E-state index in [1.807, 2.05) is 6.20 Å². The van der Waals surface area contributed by atoms with E-state index in [-0.39, 0.29) is 11.7 Å². The predicted octanol–water partition coefficient (Wildman–Crippen LogP) is 5.14. The Morgan fingerprint density at radius 3 is 2.62 bits per heavy atom. The van der Waals surface area contributed by atoms with Gasteiger partial charge in [0.15, 0.2) is 5.78 Å². The number of nitrogens with one attached hydrogen (secondary N) is 1. The maximum Gasteiger partial charge on any atom is 0.169 e. The Labute approximate surface area is 188 Å². The molecule has 0 aliphatic heterocycles. The van der Waals surface area contributed by atoms with Crippen LogP contribution in [0.25, 0.3) is 28.1 Å². The molecule has 5 heteroatoms. The van der Waals surface area contributed by atoms with Crippen molar-refractivity contribution in [2.24, 2.45) is 11.7 Å². The summed E-state index contributed by atoms with van der Waals surface area (Å²) in [5.74, 6) is 0.384. The van der Waals surface area contributed by atoms with Crippen LogP contribution < -0.4 is 11.1 Å². The van der Waals surface area contributed by atoms with Crippen molar-refractivity contribution in [1.82, 2.24) is 9.97 Å². The number of rotatable bonds is 5. The van der Waals surface area contributed by atoms with Crippen molar-refractivity contribution in [2.75, 3.05) is 5.32 Å². The standard InChI is InChI=1S/C27H28N4O/c28-20-7-9-21(10-8-20)31-26-22-13-17(19-12-18-2-1-3-24(18)29-14-19)6-11-25(22)30-15-23(26)27(32)16-4-5-16/h1-2,6,11-16,20-21H,3-5,7-10,28H2,(H,30,31). The number of pyridine rings is 2. The second-order valence-electron chi connectivity index (χ2n) is 9.54. The van der Waals surface area contributed by atoms with Crippen molar-refractivity contribution in [3.05, 3.63) is 59.6 Å². The van der Waals surface area contributed by atoms with Crippen LogP contribution in [0.4, 0.5) is 5.69 Å². The van der Waals surface area contributed by atoms with Crippen LogP contribution in [-0.2, 0) is 6.42 Å². The Morgan fingerprint density at radius 1 is 0.969 bits per heavy atom. The van der Waals surface area contributed by atoms with Crippen LogP contribution >= 0.6 is 0 Å². The summed E-state index contributed by atoms with van der Waals surface area (Å²) < 4.78 is 0. The van der Waals surface area contributed by atoms with Crippen LogP contribution in [0.5, 0.6) is 0 Å². The lowest BCUT2D eigenvalue weighted by molar-refractivity contribution is 0.0968. The molecule has 2 aromatic heterocycles. The average molecular weight is 425 g/mol. The van der Waals surface area contributed by atoms with Gasteiger partial charge in [0.25, 0.3) is 0 Å². The molecular weight excluding hydrogens is 396 g/mol. The molecule has 5 nitrogen and oxygen atoms in total. The zero-order chi connectivity index (χ0) is 21.7. The van der Waals surface area contributed by atoms with Gasteiger partial charge in [0, 0.05) is 47.8 Å². The molecule has 1 aromatic carbocycles. The summed E-state index contributed by atoms with van der Waals surface area (Å²) in [7, 11) is 0.